The smallest absolute Gasteiger partial charge is 0.255 e. The number of benzene rings is 1. The number of rotatable bonds is 7. The van der Waals surface area contributed by atoms with Crippen LogP contribution in [0.3, 0.4) is 0 Å². The predicted octanol–water partition coefficient (Wildman–Crippen LogP) is 1.01. The van der Waals surface area contributed by atoms with Gasteiger partial charge >= 0.3 is 0 Å². The lowest BCUT2D eigenvalue weighted by Crippen LogP contribution is -2.70. The van der Waals surface area contributed by atoms with Crippen LogP contribution in [-0.2, 0) is 14.4 Å². The number of nitrogens with two attached hydrogens (primary N) is 1. The van der Waals surface area contributed by atoms with Crippen LogP contribution in [-0.4, -0.2) is 91.3 Å². The number of nitrogens with zero attached hydrogens (tertiary/aromatic N) is 1. The molecule has 1 aromatic carbocycles. The van der Waals surface area contributed by atoms with Crippen LogP contribution in [0.1, 0.15) is 36.8 Å². The molecule has 1 saturated carbocycles. The minimum Gasteiger partial charge on any atom is -0.508 e. The molecule has 0 saturated heterocycles. The third-order valence-corrected chi connectivity index (χ3v) is 8.91. The molecule has 1 amide bonds. The number of hydrogen-bond acceptors (Lipinski definition) is 10. The highest BCUT2D eigenvalue weighted by Gasteiger charge is 2.68. The van der Waals surface area contributed by atoms with Gasteiger partial charge in [-0.15, -0.1) is 0 Å². The molecule has 11 heteroatoms. The van der Waals surface area contributed by atoms with E-state index in [-0.39, 0.29) is 16.9 Å². The number of carbonyl (C=O) groups is 3. The first-order valence-corrected chi connectivity index (χ1v) is 13.3. The molecule has 4 rings (SSSR count). The van der Waals surface area contributed by atoms with E-state index in [4.69, 9.17) is 5.73 Å². The lowest BCUT2D eigenvalue weighted by Gasteiger charge is -2.54. The molecule has 0 spiro atoms. The molecule has 0 radical (unpaired) electrons. The third kappa shape index (κ3) is 3.87. The number of ketones is 2. The van der Waals surface area contributed by atoms with Gasteiger partial charge in [0.15, 0.2) is 11.4 Å². The van der Waals surface area contributed by atoms with Crippen molar-refractivity contribution in [3.05, 3.63) is 46.2 Å². The van der Waals surface area contributed by atoms with E-state index in [9.17, 15) is 39.9 Å². The number of aliphatic hydroxyl groups is 4. The summed E-state index contributed by atoms with van der Waals surface area (Å²) < 4.78 is 0. The Kier molecular flexibility index (Phi) is 7.19. The number of likely N-dealkylation sites (N-methyl/N-ethyl adjacent to an activating group) is 1. The van der Waals surface area contributed by atoms with Crippen molar-refractivity contribution in [1.82, 2.24) is 4.90 Å². The highest BCUT2D eigenvalue weighted by Crippen LogP contribution is 2.56. The average Bonchev–Trinajstić information content (AvgIpc) is 2.82. The topological polar surface area (TPSA) is 182 Å². The summed E-state index contributed by atoms with van der Waals surface area (Å²) >= 11 is 1.59. The lowest BCUT2D eigenvalue weighted by molar-refractivity contribution is -0.169. The summed E-state index contributed by atoms with van der Waals surface area (Å²) in [4.78, 5) is 40.8. The molecule has 10 nitrogen and oxygen atoms in total. The van der Waals surface area contributed by atoms with Gasteiger partial charge < -0.3 is 31.3 Å². The number of primary amides is 1. The monoisotopic (exact) mass is 532 g/mol. The summed E-state index contributed by atoms with van der Waals surface area (Å²) in [5.74, 6) is -7.53. The van der Waals surface area contributed by atoms with Crippen molar-refractivity contribution in [3.63, 3.8) is 0 Å². The largest absolute Gasteiger partial charge is 0.508 e. The van der Waals surface area contributed by atoms with Gasteiger partial charge in [-0.25, -0.2) is 0 Å². The quantitative estimate of drug-likeness (QED) is 0.219. The van der Waals surface area contributed by atoms with Crippen LogP contribution in [0.4, 0.5) is 0 Å². The second-order valence-electron chi connectivity index (χ2n) is 10.0. The summed E-state index contributed by atoms with van der Waals surface area (Å²) in [6, 6.07) is 3.28. The number of fused-ring (bicyclic) bond motifs is 3. The highest BCUT2D eigenvalue weighted by atomic mass is 32.2. The lowest BCUT2D eigenvalue weighted by atomic mass is 9.54. The summed E-state index contributed by atoms with van der Waals surface area (Å²) in [5.41, 5.74) is 1.66. The number of aromatic hydroxyl groups is 1. The van der Waals surface area contributed by atoms with Gasteiger partial charge in [0.25, 0.3) is 5.91 Å². The zero-order valence-corrected chi connectivity index (χ0v) is 21.7. The Morgan fingerprint density at radius 3 is 2.46 bits per heavy atom. The molecule has 0 bridgehead atoms. The van der Waals surface area contributed by atoms with Crippen molar-refractivity contribution in [2.24, 2.45) is 17.6 Å². The molecule has 200 valence electrons. The molecule has 0 aliphatic heterocycles. The minimum absolute atomic E-state index is 0.00656. The van der Waals surface area contributed by atoms with Crippen molar-refractivity contribution in [3.8, 4) is 5.75 Å². The van der Waals surface area contributed by atoms with E-state index < -0.39 is 70.1 Å². The van der Waals surface area contributed by atoms with Gasteiger partial charge in [-0.2, -0.15) is 11.8 Å². The second kappa shape index (κ2) is 9.79. The predicted molar refractivity (Wildman–Crippen MR) is 137 cm³/mol. The Morgan fingerprint density at radius 1 is 1.19 bits per heavy atom. The molecule has 7 N–H and O–H groups in total. The summed E-state index contributed by atoms with van der Waals surface area (Å²) in [6.07, 6.45) is 0.319. The summed E-state index contributed by atoms with van der Waals surface area (Å²) in [6.45, 7) is 2.06. The summed E-state index contributed by atoms with van der Waals surface area (Å²) in [5, 5.41) is 56.3. The molecule has 0 heterocycles. The van der Waals surface area contributed by atoms with E-state index >= 15 is 0 Å². The zero-order chi connectivity index (χ0) is 27.4. The molecule has 6 atom stereocenters. The molecular weight excluding hydrogens is 500 g/mol. The zero-order valence-electron chi connectivity index (χ0n) is 20.8. The van der Waals surface area contributed by atoms with Gasteiger partial charge in [-0.3, -0.25) is 19.3 Å². The Hall–Kier alpha value is -2.86. The van der Waals surface area contributed by atoms with Crippen molar-refractivity contribution < 1.29 is 39.9 Å². The van der Waals surface area contributed by atoms with Crippen molar-refractivity contribution in [1.29, 1.82) is 0 Å². The average molecular weight is 533 g/mol. The van der Waals surface area contributed by atoms with Crippen LogP contribution >= 0.6 is 11.8 Å². The van der Waals surface area contributed by atoms with E-state index in [0.29, 0.717) is 11.3 Å². The number of hydrogen-bond donors (Lipinski definition) is 6. The standard InChI is InChI=1S/C26H32N2O8S/c1-4-5-9-37-10-12-11-7-6-8-13(29)14(11)20(30)16-15(12)21(31)18-19(28(2)3)22(32)17(25(27)35)24(34)26(18,36)23(16)33/h6-8,12,15,18-19,21,29-31,34,36H,4-5,9-10H2,1-3H3,(H2,27,35)/t12-,15?,18?,19-,21-,26-/m0/s1. The van der Waals surface area contributed by atoms with E-state index in [0.717, 1.165) is 18.6 Å². The van der Waals surface area contributed by atoms with Crippen molar-refractivity contribution in [2.75, 3.05) is 25.6 Å². The number of thioether (sulfide) groups is 1. The third-order valence-electron chi connectivity index (χ3n) is 7.74. The van der Waals surface area contributed by atoms with Gasteiger partial charge in [0.05, 0.1) is 23.6 Å². The number of aliphatic hydroxyl groups excluding tert-OH is 3. The second-order valence-corrected chi connectivity index (χ2v) is 11.2. The molecule has 1 aromatic rings. The first-order chi connectivity index (χ1) is 17.4. The fourth-order valence-electron chi connectivity index (χ4n) is 6.05. The van der Waals surface area contributed by atoms with Crippen LogP contribution in [0.5, 0.6) is 5.75 Å². The molecule has 0 aromatic heterocycles. The Labute approximate surface area is 218 Å². The Balaban J connectivity index is 1.98. The molecular formula is C26H32N2O8S. The molecule has 2 unspecified atom stereocenters. The first-order valence-electron chi connectivity index (χ1n) is 12.1. The SMILES string of the molecule is CCCCSC[C@H]1c2cccc(O)c2C(O)=C2C(=O)[C@]3(O)C(O)=C(C(N)=O)C(=O)[C@@H](N(C)C)C3[C@@H](O)C21. The Morgan fingerprint density at radius 2 is 1.86 bits per heavy atom. The number of Topliss-reactive ketones (excluding diaryl/α,β-unsaturated/α-hetero) is 2. The fraction of sp³-hybridized carbons (Fsp3) is 0.500. The van der Waals surface area contributed by atoms with Crippen LogP contribution in [0.15, 0.2) is 35.1 Å². The number of phenolic OH excluding ortho intramolecular Hbond substituents is 1. The van der Waals surface area contributed by atoms with Crippen LogP contribution < -0.4 is 5.73 Å². The van der Waals surface area contributed by atoms with Gasteiger partial charge in [0.2, 0.25) is 5.78 Å². The first kappa shape index (κ1) is 27.2. The molecule has 37 heavy (non-hydrogen) atoms. The number of phenols is 1. The van der Waals surface area contributed by atoms with E-state index in [1.165, 1.54) is 25.1 Å². The summed E-state index contributed by atoms with van der Waals surface area (Å²) in [7, 11) is 2.96. The van der Waals surface area contributed by atoms with Crippen LogP contribution in [0.25, 0.3) is 5.76 Å². The maximum Gasteiger partial charge on any atom is 0.255 e. The van der Waals surface area contributed by atoms with Gasteiger partial charge in [-0.1, -0.05) is 25.5 Å². The van der Waals surface area contributed by atoms with Gasteiger partial charge in [-0.05, 0) is 37.9 Å². The number of unbranched alkanes of at least 4 members (excludes halogenated alkanes) is 1. The molecule has 3 aliphatic carbocycles. The van der Waals surface area contributed by atoms with Crippen molar-refractivity contribution in [2.45, 2.75) is 43.4 Å². The van der Waals surface area contributed by atoms with Crippen molar-refractivity contribution >= 4 is 35.0 Å². The van der Waals surface area contributed by atoms with E-state index in [1.807, 2.05) is 0 Å². The van der Waals surface area contributed by atoms with E-state index in [2.05, 4.69) is 6.92 Å². The number of carbonyl (C=O) groups excluding carboxylic acids is 3. The molecule has 1 fully saturated rings. The fourth-order valence-corrected chi connectivity index (χ4v) is 7.35. The van der Waals surface area contributed by atoms with Crippen LogP contribution in [0.2, 0.25) is 0 Å². The maximum absolute atomic E-state index is 14.0. The highest BCUT2D eigenvalue weighted by molar-refractivity contribution is 7.99. The van der Waals surface area contributed by atoms with Crippen LogP contribution in [0, 0.1) is 11.8 Å². The van der Waals surface area contributed by atoms with Gasteiger partial charge in [0, 0.05) is 23.2 Å². The molecule has 3 aliphatic rings. The van der Waals surface area contributed by atoms with Gasteiger partial charge in [0.1, 0.15) is 22.8 Å². The maximum atomic E-state index is 14.0. The Bertz CT molecular complexity index is 1220. The normalized spacial score (nSPS) is 31.4. The van der Waals surface area contributed by atoms with E-state index in [1.54, 1.807) is 23.9 Å². The minimum atomic E-state index is -2.91. The number of amides is 1.